The molecule has 0 aliphatic carbocycles. The Balaban J connectivity index is 3.19. The summed E-state index contributed by atoms with van der Waals surface area (Å²) in [4.78, 5) is 14.1. The molecule has 0 spiro atoms. The van der Waals surface area contributed by atoms with Gasteiger partial charge in [-0.25, -0.2) is 13.6 Å². The van der Waals surface area contributed by atoms with Gasteiger partial charge in [-0.05, 0) is 43.5 Å². The van der Waals surface area contributed by atoms with Crippen molar-refractivity contribution in [1.82, 2.24) is 4.90 Å². The number of amides is 1. The van der Waals surface area contributed by atoms with Crippen LogP contribution < -0.4 is 5.14 Å². The van der Waals surface area contributed by atoms with Crippen molar-refractivity contribution in [3.05, 3.63) is 29.3 Å². The summed E-state index contributed by atoms with van der Waals surface area (Å²) in [5, 5.41) is 5.13. The van der Waals surface area contributed by atoms with Crippen LogP contribution in [-0.2, 0) is 10.0 Å². The van der Waals surface area contributed by atoms with E-state index in [-0.39, 0.29) is 10.8 Å². The molecule has 0 radical (unpaired) electrons. The van der Waals surface area contributed by atoms with E-state index in [0.717, 1.165) is 0 Å². The van der Waals surface area contributed by atoms with Crippen LogP contribution in [0.3, 0.4) is 0 Å². The van der Waals surface area contributed by atoms with Crippen molar-refractivity contribution in [2.75, 3.05) is 13.1 Å². The van der Waals surface area contributed by atoms with Crippen LogP contribution >= 0.6 is 0 Å². The van der Waals surface area contributed by atoms with Crippen molar-refractivity contribution in [3.63, 3.8) is 0 Å². The van der Waals surface area contributed by atoms with E-state index in [2.05, 4.69) is 0 Å². The highest BCUT2D eigenvalue weighted by Gasteiger charge is 2.18. The van der Waals surface area contributed by atoms with E-state index in [0.29, 0.717) is 30.1 Å². The van der Waals surface area contributed by atoms with Gasteiger partial charge in [0.15, 0.2) is 0 Å². The van der Waals surface area contributed by atoms with Crippen LogP contribution in [0.5, 0.6) is 0 Å². The van der Waals surface area contributed by atoms with Crippen LogP contribution in [-0.4, -0.2) is 32.3 Å². The van der Waals surface area contributed by atoms with Crippen molar-refractivity contribution in [3.8, 4) is 0 Å². The quantitative estimate of drug-likeness (QED) is 0.899. The highest BCUT2D eigenvalue weighted by molar-refractivity contribution is 7.89. The fourth-order valence-corrected chi connectivity index (χ4v) is 2.66. The third kappa shape index (κ3) is 4.31. The maximum absolute atomic E-state index is 12.4. The average Bonchev–Trinajstić information content (AvgIpc) is 2.33. The zero-order valence-electron chi connectivity index (χ0n) is 12.4. The van der Waals surface area contributed by atoms with E-state index >= 15 is 0 Å². The van der Waals surface area contributed by atoms with Gasteiger partial charge in [-0.15, -0.1) is 0 Å². The number of hydrogen-bond acceptors (Lipinski definition) is 3. The van der Waals surface area contributed by atoms with Crippen molar-refractivity contribution in [2.24, 2.45) is 11.1 Å². The van der Waals surface area contributed by atoms with E-state index < -0.39 is 10.0 Å². The molecule has 6 heteroatoms. The zero-order valence-corrected chi connectivity index (χ0v) is 13.2. The third-order valence-corrected chi connectivity index (χ3v) is 3.77. The highest BCUT2D eigenvalue weighted by Crippen LogP contribution is 2.16. The Morgan fingerprint density at radius 2 is 1.90 bits per heavy atom. The molecule has 0 saturated carbocycles. The number of nitrogens with two attached hydrogens (primary N) is 1. The molecular formula is C14H22N2O3S. The molecule has 1 amide bonds. The second-order valence-corrected chi connectivity index (χ2v) is 6.88. The van der Waals surface area contributed by atoms with Crippen LogP contribution in [0.15, 0.2) is 23.1 Å². The van der Waals surface area contributed by atoms with Crippen molar-refractivity contribution >= 4 is 15.9 Å². The number of rotatable bonds is 5. The molecule has 0 bridgehead atoms. The zero-order chi connectivity index (χ0) is 15.5. The van der Waals surface area contributed by atoms with Crippen LogP contribution in [0.25, 0.3) is 0 Å². The van der Waals surface area contributed by atoms with E-state index in [1.54, 1.807) is 17.9 Å². The maximum atomic E-state index is 12.4. The Bertz CT molecular complexity index is 594. The lowest BCUT2D eigenvalue weighted by molar-refractivity contribution is 0.0745. The molecule has 0 unspecified atom stereocenters. The molecule has 0 fully saturated rings. The number of sulfonamides is 1. The van der Waals surface area contributed by atoms with Gasteiger partial charge in [0.1, 0.15) is 0 Å². The van der Waals surface area contributed by atoms with Crippen molar-refractivity contribution in [1.29, 1.82) is 0 Å². The minimum atomic E-state index is -3.81. The van der Waals surface area contributed by atoms with E-state index in [4.69, 9.17) is 5.14 Å². The first-order chi connectivity index (χ1) is 9.15. The monoisotopic (exact) mass is 298 g/mol. The fraction of sp³-hybridized carbons (Fsp3) is 0.500. The van der Waals surface area contributed by atoms with E-state index in [9.17, 15) is 13.2 Å². The first-order valence-corrected chi connectivity index (χ1v) is 8.13. The summed E-state index contributed by atoms with van der Waals surface area (Å²) in [6.45, 7) is 8.91. The predicted molar refractivity (Wildman–Crippen MR) is 79.0 cm³/mol. The molecule has 0 aliphatic rings. The summed E-state index contributed by atoms with van der Waals surface area (Å²) in [5.41, 5.74) is 1.05. The Morgan fingerprint density at radius 3 is 2.35 bits per heavy atom. The Kier molecular flexibility index (Phi) is 5.30. The van der Waals surface area contributed by atoms with Gasteiger partial charge in [-0.3, -0.25) is 4.79 Å². The van der Waals surface area contributed by atoms with Gasteiger partial charge in [0.25, 0.3) is 5.91 Å². The second kappa shape index (κ2) is 6.37. The minimum Gasteiger partial charge on any atom is -0.339 e. The summed E-state index contributed by atoms with van der Waals surface area (Å²) in [7, 11) is -3.81. The molecule has 0 atom stereocenters. The Labute approximate surface area is 120 Å². The SMILES string of the molecule is CCN(CC(C)C)C(=O)c1cc(C)cc(S(N)(=O)=O)c1. The number of hydrogen-bond donors (Lipinski definition) is 1. The molecule has 2 N–H and O–H groups in total. The summed E-state index contributed by atoms with van der Waals surface area (Å²) < 4.78 is 22.9. The predicted octanol–water partition coefficient (Wildman–Crippen LogP) is 1.76. The number of carbonyl (C=O) groups is 1. The second-order valence-electron chi connectivity index (χ2n) is 5.32. The molecule has 20 heavy (non-hydrogen) atoms. The standard InChI is InChI=1S/C14H22N2O3S/c1-5-16(9-10(2)3)14(17)12-6-11(4)7-13(8-12)20(15,18)19/h6-8,10H,5,9H2,1-4H3,(H2,15,18,19). The number of benzene rings is 1. The molecule has 0 saturated heterocycles. The first-order valence-electron chi connectivity index (χ1n) is 6.59. The molecular weight excluding hydrogens is 276 g/mol. The lowest BCUT2D eigenvalue weighted by Gasteiger charge is -2.23. The van der Waals surface area contributed by atoms with Crippen LogP contribution in [0.2, 0.25) is 0 Å². The average molecular weight is 298 g/mol. The topological polar surface area (TPSA) is 80.5 Å². The van der Waals surface area contributed by atoms with Crippen LogP contribution in [0, 0.1) is 12.8 Å². The van der Waals surface area contributed by atoms with E-state index in [1.165, 1.54) is 12.1 Å². The van der Waals surface area contributed by atoms with Crippen molar-refractivity contribution < 1.29 is 13.2 Å². The smallest absolute Gasteiger partial charge is 0.253 e. The molecule has 112 valence electrons. The number of primary sulfonamides is 1. The molecule has 0 heterocycles. The summed E-state index contributed by atoms with van der Waals surface area (Å²) in [6, 6.07) is 4.48. The molecule has 1 aromatic rings. The number of carbonyl (C=O) groups excluding carboxylic acids is 1. The van der Waals surface area contributed by atoms with Gasteiger partial charge in [0.2, 0.25) is 10.0 Å². The summed E-state index contributed by atoms with van der Waals surface area (Å²) in [6.07, 6.45) is 0. The largest absolute Gasteiger partial charge is 0.339 e. The van der Waals surface area contributed by atoms with Gasteiger partial charge in [0, 0.05) is 18.7 Å². The Hall–Kier alpha value is -1.40. The van der Waals surface area contributed by atoms with E-state index in [1.807, 2.05) is 20.8 Å². The summed E-state index contributed by atoms with van der Waals surface area (Å²) in [5.74, 6) is 0.177. The van der Waals surface area contributed by atoms with Gasteiger partial charge in [-0.1, -0.05) is 13.8 Å². The normalized spacial score (nSPS) is 11.7. The van der Waals surface area contributed by atoms with Gasteiger partial charge in [0.05, 0.1) is 4.90 Å². The molecule has 0 aliphatic heterocycles. The minimum absolute atomic E-state index is 0.0264. The molecule has 1 rings (SSSR count). The Morgan fingerprint density at radius 1 is 1.30 bits per heavy atom. The van der Waals surface area contributed by atoms with Gasteiger partial charge < -0.3 is 4.90 Å². The van der Waals surface area contributed by atoms with Gasteiger partial charge in [-0.2, -0.15) is 0 Å². The van der Waals surface area contributed by atoms with Gasteiger partial charge >= 0.3 is 0 Å². The number of aryl methyl sites for hydroxylation is 1. The van der Waals surface area contributed by atoms with Crippen LogP contribution in [0.1, 0.15) is 36.7 Å². The maximum Gasteiger partial charge on any atom is 0.253 e. The van der Waals surface area contributed by atoms with Crippen molar-refractivity contribution in [2.45, 2.75) is 32.6 Å². The fourth-order valence-electron chi connectivity index (χ4n) is 2.01. The molecule has 1 aromatic carbocycles. The third-order valence-electron chi connectivity index (χ3n) is 2.88. The highest BCUT2D eigenvalue weighted by atomic mass is 32.2. The first kappa shape index (κ1) is 16.7. The molecule has 5 nitrogen and oxygen atoms in total. The lowest BCUT2D eigenvalue weighted by atomic mass is 10.1. The van der Waals surface area contributed by atoms with Crippen LogP contribution in [0.4, 0.5) is 0 Å². The lowest BCUT2D eigenvalue weighted by Crippen LogP contribution is -2.34. The summed E-state index contributed by atoms with van der Waals surface area (Å²) >= 11 is 0. The molecule has 0 aromatic heterocycles. The number of nitrogens with zero attached hydrogens (tertiary/aromatic N) is 1.